The first-order valence-electron chi connectivity index (χ1n) is 12.1. The molecule has 2 atom stereocenters. The van der Waals surface area contributed by atoms with E-state index in [-0.39, 0.29) is 23.2 Å². The van der Waals surface area contributed by atoms with Crippen LogP contribution in [0.25, 0.3) is 22.4 Å². The topological polar surface area (TPSA) is 77.8 Å². The predicted octanol–water partition coefficient (Wildman–Crippen LogP) is 6.87. The standard InChI is InChI=1S/C30H28F4N4/c1-18(2)27(35)14-19-6-8-22(9-7-19)28-17-25(37-29(36)38-28)16-26(30(32,33)34)21-12-10-20(11-13-21)23-4-3-5-24(31)15-23/h3-13,15,17,26-27H,1,14,16,35H2,2H3,(H2,36,37,38). The lowest BCUT2D eigenvalue weighted by Gasteiger charge is -2.21. The molecule has 4 N–H and O–H groups in total. The first kappa shape index (κ1) is 27.0. The van der Waals surface area contributed by atoms with Crippen LogP contribution in [0.4, 0.5) is 23.5 Å². The van der Waals surface area contributed by atoms with Gasteiger partial charge in [0.25, 0.3) is 0 Å². The van der Waals surface area contributed by atoms with Crippen LogP contribution in [0.15, 0.2) is 91.0 Å². The maximum atomic E-state index is 14.2. The van der Waals surface area contributed by atoms with E-state index in [9.17, 15) is 17.6 Å². The van der Waals surface area contributed by atoms with E-state index in [0.717, 1.165) is 11.1 Å². The van der Waals surface area contributed by atoms with Gasteiger partial charge in [-0.3, -0.25) is 0 Å². The summed E-state index contributed by atoms with van der Waals surface area (Å²) in [7, 11) is 0. The fourth-order valence-corrected chi connectivity index (χ4v) is 4.22. The van der Waals surface area contributed by atoms with E-state index in [1.807, 2.05) is 31.2 Å². The van der Waals surface area contributed by atoms with Crippen molar-refractivity contribution in [3.05, 3.63) is 114 Å². The van der Waals surface area contributed by atoms with Crippen molar-refractivity contribution < 1.29 is 17.6 Å². The molecule has 0 saturated heterocycles. The van der Waals surface area contributed by atoms with Crippen molar-refractivity contribution >= 4 is 5.95 Å². The Morgan fingerprint density at radius 3 is 2.13 bits per heavy atom. The number of benzene rings is 3. The third kappa shape index (κ3) is 6.63. The molecule has 4 nitrogen and oxygen atoms in total. The second-order valence-corrected chi connectivity index (χ2v) is 9.39. The Bertz CT molecular complexity index is 1410. The van der Waals surface area contributed by atoms with Crippen LogP contribution in [0.5, 0.6) is 0 Å². The average Bonchev–Trinajstić information content (AvgIpc) is 2.87. The first-order valence-corrected chi connectivity index (χ1v) is 12.1. The Hall–Kier alpha value is -4.04. The molecular weight excluding hydrogens is 492 g/mol. The molecule has 0 aliphatic heterocycles. The molecule has 0 bridgehead atoms. The molecule has 4 rings (SSSR count). The number of nitrogens with zero attached hydrogens (tertiary/aromatic N) is 2. The molecule has 0 fully saturated rings. The Morgan fingerprint density at radius 1 is 0.868 bits per heavy atom. The molecule has 196 valence electrons. The number of nitrogens with two attached hydrogens (primary N) is 2. The van der Waals surface area contributed by atoms with Crippen LogP contribution in [-0.4, -0.2) is 22.2 Å². The minimum Gasteiger partial charge on any atom is -0.368 e. The summed E-state index contributed by atoms with van der Waals surface area (Å²) in [6, 6.07) is 20.7. The summed E-state index contributed by atoms with van der Waals surface area (Å²) in [5, 5.41) is 0. The van der Waals surface area contributed by atoms with E-state index in [1.165, 1.54) is 30.3 Å². The van der Waals surface area contributed by atoms with Crippen LogP contribution in [0.3, 0.4) is 0 Å². The van der Waals surface area contributed by atoms with E-state index in [0.29, 0.717) is 28.8 Å². The van der Waals surface area contributed by atoms with Crippen molar-refractivity contribution in [2.75, 3.05) is 5.73 Å². The largest absolute Gasteiger partial charge is 0.396 e. The SMILES string of the molecule is C=C(C)C(N)Cc1ccc(-c2cc(CC(c3ccc(-c4cccc(F)c4)cc3)C(F)(F)F)nc(N)n2)cc1. The summed E-state index contributed by atoms with van der Waals surface area (Å²) in [5.41, 5.74) is 16.4. The summed E-state index contributed by atoms with van der Waals surface area (Å²) in [5.74, 6) is -2.33. The lowest BCUT2D eigenvalue weighted by molar-refractivity contribution is -0.150. The number of anilines is 1. The lowest BCUT2D eigenvalue weighted by Crippen LogP contribution is -2.23. The van der Waals surface area contributed by atoms with Crippen LogP contribution in [0.2, 0.25) is 0 Å². The van der Waals surface area contributed by atoms with E-state index < -0.39 is 24.3 Å². The van der Waals surface area contributed by atoms with Gasteiger partial charge >= 0.3 is 6.18 Å². The number of hydrogen-bond acceptors (Lipinski definition) is 4. The van der Waals surface area contributed by atoms with Crippen molar-refractivity contribution in [3.63, 3.8) is 0 Å². The molecular formula is C30H28F4N4. The first-order chi connectivity index (χ1) is 18.0. The molecule has 8 heteroatoms. The zero-order valence-electron chi connectivity index (χ0n) is 20.8. The maximum absolute atomic E-state index is 14.2. The zero-order chi connectivity index (χ0) is 27.4. The van der Waals surface area contributed by atoms with Gasteiger partial charge in [-0.1, -0.05) is 72.8 Å². The Balaban J connectivity index is 1.58. The van der Waals surface area contributed by atoms with E-state index >= 15 is 0 Å². The molecule has 0 spiro atoms. The third-order valence-electron chi connectivity index (χ3n) is 6.41. The fourth-order valence-electron chi connectivity index (χ4n) is 4.22. The van der Waals surface area contributed by atoms with Gasteiger partial charge in [0.05, 0.1) is 11.6 Å². The number of hydrogen-bond donors (Lipinski definition) is 2. The molecule has 4 aromatic rings. The summed E-state index contributed by atoms with van der Waals surface area (Å²) < 4.78 is 56.0. The quantitative estimate of drug-likeness (QED) is 0.196. The molecule has 1 heterocycles. The average molecular weight is 521 g/mol. The predicted molar refractivity (Wildman–Crippen MR) is 143 cm³/mol. The van der Waals surface area contributed by atoms with Crippen molar-refractivity contribution in [1.29, 1.82) is 0 Å². The van der Waals surface area contributed by atoms with Crippen molar-refractivity contribution in [1.82, 2.24) is 9.97 Å². The number of aromatic nitrogens is 2. The van der Waals surface area contributed by atoms with E-state index in [4.69, 9.17) is 11.5 Å². The Morgan fingerprint density at radius 2 is 1.53 bits per heavy atom. The van der Waals surface area contributed by atoms with Crippen molar-refractivity contribution in [2.45, 2.75) is 37.9 Å². The van der Waals surface area contributed by atoms with Crippen LogP contribution in [0.1, 0.15) is 29.7 Å². The van der Waals surface area contributed by atoms with Crippen LogP contribution in [-0.2, 0) is 12.8 Å². The molecule has 0 aliphatic carbocycles. The molecule has 38 heavy (non-hydrogen) atoms. The smallest absolute Gasteiger partial charge is 0.368 e. The number of nitrogen functional groups attached to an aromatic ring is 1. The highest BCUT2D eigenvalue weighted by atomic mass is 19.4. The van der Waals surface area contributed by atoms with Gasteiger partial charge in [0, 0.05) is 23.7 Å². The molecule has 0 amide bonds. The van der Waals surface area contributed by atoms with Gasteiger partial charge in [0.15, 0.2) is 0 Å². The van der Waals surface area contributed by atoms with Crippen LogP contribution in [0, 0.1) is 5.82 Å². The van der Waals surface area contributed by atoms with Crippen LogP contribution >= 0.6 is 0 Å². The monoisotopic (exact) mass is 520 g/mol. The highest BCUT2D eigenvalue weighted by molar-refractivity contribution is 5.64. The second-order valence-electron chi connectivity index (χ2n) is 9.39. The summed E-state index contributed by atoms with van der Waals surface area (Å²) >= 11 is 0. The van der Waals surface area contributed by atoms with Gasteiger partial charge in [-0.2, -0.15) is 13.2 Å². The van der Waals surface area contributed by atoms with Crippen molar-refractivity contribution in [3.8, 4) is 22.4 Å². The van der Waals surface area contributed by atoms with Crippen molar-refractivity contribution in [2.24, 2.45) is 5.73 Å². The number of rotatable bonds is 8. The molecule has 0 aliphatic rings. The van der Waals surface area contributed by atoms with Gasteiger partial charge < -0.3 is 11.5 Å². The molecule has 0 saturated carbocycles. The van der Waals surface area contributed by atoms with Gasteiger partial charge in [0.2, 0.25) is 5.95 Å². The highest BCUT2D eigenvalue weighted by Crippen LogP contribution is 2.38. The Kier molecular flexibility index (Phi) is 7.92. The number of alkyl halides is 3. The second kappa shape index (κ2) is 11.1. The van der Waals surface area contributed by atoms with Crippen LogP contribution < -0.4 is 11.5 Å². The zero-order valence-corrected chi connectivity index (χ0v) is 20.8. The molecule has 1 aromatic heterocycles. The third-order valence-corrected chi connectivity index (χ3v) is 6.41. The highest BCUT2D eigenvalue weighted by Gasteiger charge is 2.41. The Labute approximate surface area is 219 Å². The lowest BCUT2D eigenvalue weighted by atomic mass is 9.91. The normalized spacial score (nSPS) is 13.2. The van der Waals surface area contributed by atoms with Gasteiger partial charge in [-0.15, -0.1) is 0 Å². The minimum absolute atomic E-state index is 0.0783. The fraction of sp³-hybridized carbons (Fsp3) is 0.200. The summed E-state index contributed by atoms with van der Waals surface area (Å²) in [4.78, 5) is 8.32. The maximum Gasteiger partial charge on any atom is 0.396 e. The van der Waals surface area contributed by atoms with E-state index in [1.54, 1.807) is 24.3 Å². The van der Waals surface area contributed by atoms with Gasteiger partial charge in [-0.05, 0) is 53.8 Å². The minimum atomic E-state index is -4.52. The molecule has 3 aromatic carbocycles. The molecule has 0 radical (unpaired) electrons. The number of halogens is 4. The van der Waals surface area contributed by atoms with E-state index in [2.05, 4.69) is 16.5 Å². The molecule has 2 unspecified atom stereocenters. The summed E-state index contributed by atoms with van der Waals surface area (Å²) in [6.45, 7) is 5.74. The summed E-state index contributed by atoms with van der Waals surface area (Å²) in [6.07, 6.45) is -4.31. The van der Waals surface area contributed by atoms with Gasteiger partial charge in [-0.25, -0.2) is 14.4 Å². The van der Waals surface area contributed by atoms with Gasteiger partial charge in [0.1, 0.15) is 5.82 Å².